The Kier molecular flexibility index (Phi) is 4.29. The van der Waals surface area contributed by atoms with Crippen LogP contribution < -0.4 is 11.1 Å². The Bertz CT molecular complexity index is 266. The van der Waals surface area contributed by atoms with E-state index in [9.17, 15) is 4.79 Å². The lowest BCUT2D eigenvalue weighted by Crippen LogP contribution is -2.67. The van der Waals surface area contributed by atoms with Gasteiger partial charge in [0.1, 0.15) is 5.54 Å². The van der Waals surface area contributed by atoms with Gasteiger partial charge in [-0.25, -0.2) is 0 Å². The van der Waals surface area contributed by atoms with E-state index in [0.717, 1.165) is 24.5 Å². The second-order valence-electron chi connectivity index (χ2n) is 5.73. The molecular weight excluding hydrogens is 220 g/mol. The van der Waals surface area contributed by atoms with Gasteiger partial charge in [0.15, 0.2) is 0 Å². The number of nitrogens with two attached hydrogens (primary N) is 1. The predicted molar refractivity (Wildman–Crippen MR) is 70.5 cm³/mol. The Morgan fingerprint density at radius 2 is 2.12 bits per heavy atom. The molecule has 0 saturated carbocycles. The van der Waals surface area contributed by atoms with Crippen LogP contribution in [0.25, 0.3) is 0 Å². The molecule has 0 aliphatic carbocycles. The molecule has 1 heterocycles. The van der Waals surface area contributed by atoms with E-state index in [1.807, 2.05) is 11.8 Å². The van der Waals surface area contributed by atoms with Crippen LogP contribution in [0.2, 0.25) is 0 Å². The van der Waals surface area contributed by atoms with Gasteiger partial charge in [0, 0.05) is 5.75 Å². The summed E-state index contributed by atoms with van der Waals surface area (Å²) in [5.41, 5.74) is 5.05. The monoisotopic (exact) mass is 244 g/mol. The highest BCUT2D eigenvalue weighted by Crippen LogP contribution is 2.42. The number of hydrogen-bond donors (Lipinski definition) is 2. The highest BCUT2D eigenvalue weighted by atomic mass is 32.2. The fourth-order valence-electron chi connectivity index (χ4n) is 2.12. The summed E-state index contributed by atoms with van der Waals surface area (Å²) >= 11 is 1.82. The third kappa shape index (κ3) is 2.54. The molecule has 16 heavy (non-hydrogen) atoms. The topological polar surface area (TPSA) is 55.1 Å². The lowest BCUT2D eigenvalue weighted by Gasteiger charge is -2.48. The number of hydrogen-bond acceptors (Lipinski definition) is 3. The lowest BCUT2D eigenvalue weighted by molar-refractivity contribution is -0.128. The van der Waals surface area contributed by atoms with Crippen molar-refractivity contribution in [2.24, 2.45) is 17.1 Å². The average molecular weight is 244 g/mol. The minimum Gasteiger partial charge on any atom is -0.368 e. The van der Waals surface area contributed by atoms with Crippen molar-refractivity contribution >= 4 is 17.7 Å². The number of nitrogens with one attached hydrogen (secondary N) is 1. The van der Waals surface area contributed by atoms with E-state index in [1.165, 1.54) is 0 Å². The average Bonchev–Trinajstić information content (AvgIpc) is 2.15. The predicted octanol–water partition coefficient (Wildman–Crippen LogP) is 1.62. The second-order valence-corrected chi connectivity index (χ2v) is 6.84. The lowest BCUT2D eigenvalue weighted by atomic mass is 9.70. The Labute approximate surface area is 103 Å². The molecule has 0 aromatic heterocycles. The fourth-order valence-corrected chi connectivity index (χ4v) is 3.86. The molecular formula is C12H24N2OS. The second kappa shape index (κ2) is 4.96. The maximum atomic E-state index is 11.9. The number of primary amides is 1. The molecule has 1 saturated heterocycles. The molecule has 4 heteroatoms. The van der Waals surface area contributed by atoms with Crippen LogP contribution in [0.4, 0.5) is 0 Å². The Balaban J connectivity index is 2.89. The number of rotatable bonds is 4. The molecule has 1 atom stereocenters. The molecule has 1 amide bonds. The first-order valence-corrected chi connectivity index (χ1v) is 7.10. The number of amides is 1. The van der Waals surface area contributed by atoms with Gasteiger partial charge in [-0.2, -0.15) is 11.8 Å². The Morgan fingerprint density at radius 1 is 1.50 bits per heavy atom. The summed E-state index contributed by atoms with van der Waals surface area (Å²) in [6.07, 6.45) is 1.03. The maximum absolute atomic E-state index is 11.9. The minimum atomic E-state index is -0.541. The molecule has 0 bridgehead atoms. The highest BCUT2D eigenvalue weighted by molar-refractivity contribution is 7.99. The fraction of sp³-hybridized carbons (Fsp3) is 0.917. The van der Waals surface area contributed by atoms with Gasteiger partial charge in [0.25, 0.3) is 0 Å². The third-order valence-corrected chi connectivity index (χ3v) is 4.71. The van der Waals surface area contributed by atoms with E-state index in [1.54, 1.807) is 0 Å². The smallest absolute Gasteiger partial charge is 0.239 e. The van der Waals surface area contributed by atoms with Crippen molar-refractivity contribution in [1.82, 2.24) is 5.32 Å². The molecule has 1 fully saturated rings. The number of thioether (sulfide) groups is 1. The Hall–Kier alpha value is -0.220. The molecule has 0 spiro atoms. The van der Waals surface area contributed by atoms with E-state index in [0.29, 0.717) is 5.92 Å². The van der Waals surface area contributed by atoms with Crippen LogP contribution in [0, 0.1) is 11.3 Å². The van der Waals surface area contributed by atoms with Crippen molar-refractivity contribution in [1.29, 1.82) is 0 Å². The SMILES string of the molecule is CC(C)CNC1(C(N)=O)CSCCC1(C)C. The zero-order valence-corrected chi connectivity index (χ0v) is 11.6. The van der Waals surface area contributed by atoms with Gasteiger partial charge in [-0.1, -0.05) is 27.7 Å². The molecule has 1 rings (SSSR count). The van der Waals surface area contributed by atoms with Gasteiger partial charge in [-0.05, 0) is 30.1 Å². The summed E-state index contributed by atoms with van der Waals surface area (Å²) in [5, 5.41) is 3.43. The molecule has 3 nitrogen and oxygen atoms in total. The molecule has 0 aromatic carbocycles. The molecule has 1 aliphatic heterocycles. The van der Waals surface area contributed by atoms with Crippen LogP contribution in [0.1, 0.15) is 34.1 Å². The van der Waals surface area contributed by atoms with Crippen molar-refractivity contribution < 1.29 is 4.79 Å². The molecule has 1 unspecified atom stereocenters. The van der Waals surface area contributed by atoms with Crippen LogP contribution in [0.3, 0.4) is 0 Å². The first kappa shape index (κ1) is 13.8. The largest absolute Gasteiger partial charge is 0.368 e. The van der Waals surface area contributed by atoms with Crippen molar-refractivity contribution in [3.8, 4) is 0 Å². The molecule has 1 aliphatic rings. The third-order valence-electron chi connectivity index (χ3n) is 3.58. The van der Waals surface area contributed by atoms with E-state index in [4.69, 9.17) is 5.73 Å². The van der Waals surface area contributed by atoms with E-state index < -0.39 is 5.54 Å². The summed E-state index contributed by atoms with van der Waals surface area (Å²) < 4.78 is 0. The van der Waals surface area contributed by atoms with Gasteiger partial charge in [-0.3, -0.25) is 4.79 Å². The van der Waals surface area contributed by atoms with Crippen molar-refractivity contribution in [3.63, 3.8) is 0 Å². The summed E-state index contributed by atoms with van der Waals surface area (Å²) in [4.78, 5) is 11.9. The van der Waals surface area contributed by atoms with E-state index in [2.05, 4.69) is 33.0 Å². The van der Waals surface area contributed by atoms with E-state index >= 15 is 0 Å². The van der Waals surface area contributed by atoms with Crippen LogP contribution in [0.5, 0.6) is 0 Å². The Morgan fingerprint density at radius 3 is 2.56 bits per heavy atom. The summed E-state index contributed by atoms with van der Waals surface area (Å²) in [6, 6.07) is 0. The quantitative estimate of drug-likeness (QED) is 0.790. The van der Waals surface area contributed by atoms with E-state index in [-0.39, 0.29) is 11.3 Å². The van der Waals surface area contributed by atoms with Crippen molar-refractivity contribution in [2.75, 3.05) is 18.1 Å². The maximum Gasteiger partial charge on any atom is 0.239 e. The molecule has 3 N–H and O–H groups in total. The van der Waals surface area contributed by atoms with Gasteiger partial charge in [0.2, 0.25) is 5.91 Å². The highest BCUT2D eigenvalue weighted by Gasteiger charge is 2.51. The zero-order chi connectivity index (χ0) is 12.4. The molecule has 0 radical (unpaired) electrons. The van der Waals surface area contributed by atoms with Gasteiger partial charge in [-0.15, -0.1) is 0 Å². The molecule has 0 aromatic rings. The van der Waals surface area contributed by atoms with Crippen LogP contribution in [0.15, 0.2) is 0 Å². The van der Waals surface area contributed by atoms with Crippen LogP contribution in [-0.4, -0.2) is 29.5 Å². The molecule has 94 valence electrons. The van der Waals surface area contributed by atoms with Crippen LogP contribution >= 0.6 is 11.8 Å². The first-order chi connectivity index (χ1) is 7.32. The van der Waals surface area contributed by atoms with Crippen molar-refractivity contribution in [3.05, 3.63) is 0 Å². The summed E-state index contributed by atoms with van der Waals surface area (Å²) in [6.45, 7) is 9.41. The van der Waals surface area contributed by atoms with Gasteiger partial charge >= 0.3 is 0 Å². The van der Waals surface area contributed by atoms with Crippen molar-refractivity contribution in [2.45, 2.75) is 39.7 Å². The first-order valence-electron chi connectivity index (χ1n) is 5.94. The summed E-state index contributed by atoms with van der Waals surface area (Å²) in [5.74, 6) is 2.23. The van der Waals surface area contributed by atoms with Gasteiger partial charge < -0.3 is 11.1 Å². The number of carbonyl (C=O) groups excluding carboxylic acids is 1. The minimum absolute atomic E-state index is 0.0566. The van der Waals surface area contributed by atoms with Gasteiger partial charge in [0.05, 0.1) is 0 Å². The zero-order valence-electron chi connectivity index (χ0n) is 10.8. The van der Waals surface area contributed by atoms with Crippen LogP contribution in [-0.2, 0) is 4.79 Å². The normalized spacial score (nSPS) is 29.3. The summed E-state index contributed by atoms with van der Waals surface area (Å²) in [7, 11) is 0. The standard InChI is InChI=1S/C12H24N2OS/c1-9(2)7-14-12(10(13)15)8-16-6-5-11(12,3)4/h9,14H,5-8H2,1-4H3,(H2,13,15). The number of carbonyl (C=O) groups is 1.